The minimum Gasteiger partial charge on any atom is -0.394 e. The van der Waals surface area contributed by atoms with E-state index in [-0.39, 0.29) is 6.61 Å². The summed E-state index contributed by atoms with van der Waals surface area (Å²) in [6.45, 7) is 5.37. The lowest BCUT2D eigenvalue weighted by atomic mass is 9.97. The number of aliphatic hydroxyl groups excluding tert-OH is 1. The van der Waals surface area contributed by atoms with Crippen molar-refractivity contribution < 1.29 is 9.84 Å². The molecule has 0 amide bonds. The van der Waals surface area contributed by atoms with E-state index in [1.807, 2.05) is 6.92 Å². The second-order valence-corrected chi connectivity index (χ2v) is 5.57. The van der Waals surface area contributed by atoms with Gasteiger partial charge in [0.05, 0.1) is 12.7 Å². The molecule has 0 aromatic carbocycles. The maximum Gasteiger partial charge on any atom is 0.0698 e. The van der Waals surface area contributed by atoms with Crippen LogP contribution in [0.1, 0.15) is 39.0 Å². The van der Waals surface area contributed by atoms with Gasteiger partial charge in [0.2, 0.25) is 0 Å². The molecule has 1 heterocycles. The van der Waals surface area contributed by atoms with E-state index >= 15 is 0 Å². The number of hydrogen-bond donors (Lipinski definition) is 2. The van der Waals surface area contributed by atoms with Crippen LogP contribution in [0.2, 0.25) is 0 Å². The zero-order valence-electron chi connectivity index (χ0n) is 11.3. The molecule has 1 fully saturated rings. The molecule has 1 saturated heterocycles. The first-order chi connectivity index (χ1) is 8.07. The molecule has 1 aliphatic rings. The molecule has 0 radical (unpaired) electrons. The van der Waals surface area contributed by atoms with Gasteiger partial charge in [-0.15, -0.1) is 0 Å². The van der Waals surface area contributed by atoms with Crippen molar-refractivity contribution >= 4 is 0 Å². The standard InChI is InChI=1S/C13H28N2O2/c1-13(14,11-16)7-3-4-8-15-9-5-6-12(10-15)17-2/h12,16H,3-11,14H2,1-2H3. The van der Waals surface area contributed by atoms with E-state index in [1.54, 1.807) is 7.11 Å². The van der Waals surface area contributed by atoms with E-state index in [9.17, 15) is 0 Å². The van der Waals surface area contributed by atoms with Crippen molar-refractivity contribution in [3.8, 4) is 0 Å². The van der Waals surface area contributed by atoms with E-state index in [1.165, 1.54) is 19.4 Å². The Balaban J connectivity index is 2.10. The van der Waals surface area contributed by atoms with Gasteiger partial charge in [-0.05, 0) is 45.7 Å². The summed E-state index contributed by atoms with van der Waals surface area (Å²) < 4.78 is 5.40. The Labute approximate surface area is 105 Å². The average molecular weight is 244 g/mol. The first-order valence-electron chi connectivity index (χ1n) is 6.72. The molecule has 4 nitrogen and oxygen atoms in total. The number of unbranched alkanes of at least 4 members (excludes halogenated alkanes) is 1. The Kier molecular flexibility index (Phi) is 6.41. The molecular weight excluding hydrogens is 216 g/mol. The van der Waals surface area contributed by atoms with Crippen LogP contribution >= 0.6 is 0 Å². The van der Waals surface area contributed by atoms with Gasteiger partial charge in [0.15, 0.2) is 0 Å². The molecule has 0 bridgehead atoms. The third-order valence-electron chi connectivity index (χ3n) is 3.63. The molecule has 0 spiro atoms. The SMILES string of the molecule is COC1CCCN(CCCCC(C)(N)CO)C1. The molecular formula is C13H28N2O2. The summed E-state index contributed by atoms with van der Waals surface area (Å²) in [5.74, 6) is 0. The Bertz CT molecular complexity index is 210. The molecule has 0 aliphatic carbocycles. The molecule has 4 heteroatoms. The van der Waals surface area contributed by atoms with E-state index in [2.05, 4.69) is 4.90 Å². The summed E-state index contributed by atoms with van der Waals surface area (Å²) in [7, 11) is 1.80. The Morgan fingerprint density at radius 3 is 2.88 bits per heavy atom. The van der Waals surface area contributed by atoms with Crippen LogP contribution < -0.4 is 5.73 Å². The van der Waals surface area contributed by atoms with Crippen LogP contribution in [0, 0.1) is 0 Å². The molecule has 1 aliphatic heterocycles. The van der Waals surface area contributed by atoms with Gasteiger partial charge in [0.25, 0.3) is 0 Å². The lowest BCUT2D eigenvalue weighted by molar-refractivity contribution is 0.0306. The third kappa shape index (κ3) is 5.82. The fourth-order valence-corrected chi connectivity index (χ4v) is 2.35. The van der Waals surface area contributed by atoms with Crippen LogP contribution in [0.5, 0.6) is 0 Å². The molecule has 3 N–H and O–H groups in total. The number of ether oxygens (including phenoxy) is 1. The smallest absolute Gasteiger partial charge is 0.0698 e. The van der Waals surface area contributed by atoms with Crippen molar-refractivity contribution in [1.29, 1.82) is 0 Å². The Morgan fingerprint density at radius 1 is 1.47 bits per heavy atom. The second-order valence-electron chi connectivity index (χ2n) is 5.57. The first-order valence-corrected chi connectivity index (χ1v) is 6.72. The van der Waals surface area contributed by atoms with Crippen molar-refractivity contribution in [2.75, 3.05) is 33.4 Å². The number of nitrogens with zero attached hydrogens (tertiary/aromatic N) is 1. The van der Waals surface area contributed by atoms with Crippen LogP contribution in [-0.2, 0) is 4.74 Å². The summed E-state index contributed by atoms with van der Waals surface area (Å²) in [5, 5.41) is 9.06. The molecule has 2 atom stereocenters. The molecule has 0 aromatic rings. The highest BCUT2D eigenvalue weighted by molar-refractivity contribution is 4.78. The van der Waals surface area contributed by atoms with Crippen molar-refractivity contribution in [2.24, 2.45) is 5.73 Å². The topological polar surface area (TPSA) is 58.7 Å². The number of nitrogens with two attached hydrogens (primary N) is 1. The molecule has 0 saturated carbocycles. The quantitative estimate of drug-likeness (QED) is 0.655. The Morgan fingerprint density at radius 2 is 2.24 bits per heavy atom. The highest BCUT2D eigenvalue weighted by Gasteiger charge is 2.20. The van der Waals surface area contributed by atoms with Crippen LogP contribution in [0.4, 0.5) is 0 Å². The zero-order chi connectivity index (χ0) is 12.7. The van der Waals surface area contributed by atoms with E-state index in [0.29, 0.717) is 6.10 Å². The van der Waals surface area contributed by atoms with Gasteiger partial charge < -0.3 is 20.5 Å². The average Bonchev–Trinajstić information content (AvgIpc) is 2.35. The predicted molar refractivity (Wildman–Crippen MR) is 70.0 cm³/mol. The van der Waals surface area contributed by atoms with Gasteiger partial charge >= 0.3 is 0 Å². The second kappa shape index (κ2) is 7.31. The largest absolute Gasteiger partial charge is 0.394 e. The zero-order valence-corrected chi connectivity index (χ0v) is 11.3. The Hall–Kier alpha value is -0.160. The summed E-state index contributed by atoms with van der Waals surface area (Å²) in [5.41, 5.74) is 5.49. The van der Waals surface area contributed by atoms with Crippen molar-refractivity contribution in [3.05, 3.63) is 0 Å². The van der Waals surface area contributed by atoms with E-state index in [4.69, 9.17) is 15.6 Å². The molecule has 102 valence electrons. The summed E-state index contributed by atoms with van der Waals surface area (Å²) >= 11 is 0. The highest BCUT2D eigenvalue weighted by atomic mass is 16.5. The lowest BCUT2D eigenvalue weighted by Gasteiger charge is -2.32. The maximum absolute atomic E-state index is 9.06. The number of methoxy groups -OCH3 is 1. The van der Waals surface area contributed by atoms with Crippen LogP contribution in [0.3, 0.4) is 0 Å². The number of likely N-dealkylation sites (tertiary alicyclic amines) is 1. The van der Waals surface area contributed by atoms with Gasteiger partial charge in [0.1, 0.15) is 0 Å². The van der Waals surface area contributed by atoms with Gasteiger partial charge in [-0.2, -0.15) is 0 Å². The fraction of sp³-hybridized carbons (Fsp3) is 1.00. The summed E-state index contributed by atoms with van der Waals surface area (Å²) in [4.78, 5) is 2.48. The fourth-order valence-electron chi connectivity index (χ4n) is 2.35. The number of rotatable bonds is 7. The van der Waals surface area contributed by atoms with Crippen molar-refractivity contribution in [3.63, 3.8) is 0 Å². The maximum atomic E-state index is 9.06. The lowest BCUT2D eigenvalue weighted by Crippen LogP contribution is -2.41. The van der Waals surface area contributed by atoms with Crippen LogP contribution in [0.15, 0.2) is 0 Å². The predicted octanol–water partition coefficient (Wildman–Crippen LogP) is 0.977. The summed E-state index contributed by atoms with van der Waals surface area (Å²) in [6, 6.07) is 0. The first kappa shape index (κ1) is 14.9. The molecule has 2 unspecified atom stereocenters. The highest BCUT2D eigenvalue weighted by Crippen LogP contribution is 2.15. The normalized spacial score (nSPS) is 25.8. The number of hydrogen-bond acceptors (Lipinski definition) is 4. The van der Waals surface area contributed by atoms with E-state index in [0.717, 1.165) is 32.4 Å². The third-order valence-corrected chi connectivity index (χ3v) is 3.63. The number of aliphatic hydroxyl groups is 1. The monoisotopic (exact) mass is 244 g/mol. The molecule has 1 rings (SSSR count). The molecule has 17 heavy (non-hydrogen) atoms. The minimum absolute atomic E-state index is 0.0719. The van der Waals surface area contributed by atoms with Gasteiger partial charge in [-0.25, -0.2) is 0 Å². The van der Waals surface area contributed by atoms with Crippen molar-refractivity contribution in [2.45, 2.75) is 50.7 Å². The van der Waals surface area contributed by atoms with Gasteiger partial charge in [-0.3, -0.25) is 0 Å². The summed E-state index contributed by atoms with van der Waals surface area (Å²) in [6.07, 6.45) is 5.99. The number of piperidine rings is 1. The van der Waals surface area contributed by atoms with Gasteiger partial charge in [-0.1, -0.05) is 6.42 Å². The van der Waals surface area contributed by atoms with Crippen LogP contribution in [-0.4, -0.2) is 55.0 Å². The van der Waals surface area contributed by atoms with Gasteiger partial charge in [0, 0.05) is 19.2 Å². The minimum atomic E-state index is -0.406. The van der Waals surface area contributed by atoms with Crippen LogP contribution in [0.25, 0.3) is 0 Å². The molecule has 0 aromatic heterocycles. The van der Waals surface area contributed by atoms with Crippen molar-refractivity contribution in [1.82, 2.24) is 4.90 Å². The van der Waals surface area contributed by atoms with E-state index < -0.39 is 5.54 Å².